The molecule has 0 spiro atoms. The average molecular weight is 509 g/mol. The van der Waals surface area contributed by atoms with Crippen LogP contribution in [0.15, 0.2) is 36.4 Å². The van der Waals surface area contributed by atoms with Crippen molar-refractivity contribution in [3.63, 3.8) is 0 Å². The van der Waals surface area contributed by atoms with Gasteiger partial charge in [0.1, 0.15) is 12.6 Å². The number of hydrogen-bond acceptors (Lipinski definition) is 6. The van der Waals surface area contributed by atoms with Gasteiger partial charge in [-0.15, -0.1) is 0 Å². The van der Waals surface area contributed by atoms with Crippen molar-refractivity contribution in [2.24, 2.45) is 5.92 Å². The highest BCUT2D eigenvalue weighted by molar-refractivity contribution is 5.96. The summed E-state index contributed by atoms with van der Waals surface area (Å²) in [6.45, 7) is 6.72. The quantitative estimate of drug-likeness (QED) is 0.540. The van der Waals surface area contributed by atoms with Crippen LogP contribution in [0.1, 0.15) is 63.6 Å². The van der Waals surface area contributed by atoms with E-state index in [1.165, 1.54) is 0 Å². The molecule has 0 aromatic heterocycles. The van der Waals surface area contributed by atoms with Crippen molar-refractivity contribution in [3.05, 3.63) is 47.5 Å². The number of hydrogen-bond donors (Lipinski definition) is 0. The van der Waals surface area contributed by atoms with Crippen molar-refractivity contribution in [2.75, 3.05) is 20.4 Å². The molecule has 3 aliphatic rings. The number of benzene rings is 2. The molecule has 8 heteroatoms. The Labute approximate surface area is 218 Å². The largest absolute Gasteiger partial charge is 0.493 e. The fraction of sp³-hybridized carbons (Fsp3) is 0.517. The summed E-state index contributed by atoms with van der Waals surface area (Å²) in [5, 5.41) is 0. The van der Waals surface area contributed by atoms with Crippen LogP contribution in [0.25, 0.3) is 0 Å². The molecule has 2 amide bonds. The van der Waals surface area contributed by atoms with Crippen LogP contribution >= 0.6 is 0 Å². The molecule has 0 radical (unpaired) electrons. The monoisotopic (exact) mass is 508 g/mol. The van der Waals surface area contributed by atoms with Crippen molar-refractivity contribution in [2.45, 2.75) is 71.2 Å². The van der Waals surface area contributed by atoms with Gasteiger partial charge in [0.05, 0.1) is 13.2 Å². The molecule has 2 fully saturated rings. The maximum absolute atomic E-state index is 14.1. The Hall–Kier alpha value is -3.42. The lowest BCUT2D eigenvalue weighted by atomic mass is 9.85. The normalized spacial score (nSPS) is 23.5. The average Bonchev–Trinajstić information content (AvgIpc) is 3.35. The Morgan fingerprint density at radius 2 is 1.73 bits per heavy atom. The minimum Gasteiger partial charge on any atom is -0.493 e. The van der Waals surface area contributed by atoms with Gasteiger partial charge < -0.3 is 28.7 Å². The van der Waals surface area contributed by atoms with Crippen LogP contribution < -0.4 is 18.9 Å². The van der Waals surface area contributed by atoms with E-state index < -0.39 is 6.04 Å². The van der Waals surface area contributed by atoms with Gasteiger partial charge in [0.25, 0.3) is 5.91 Å². The second-order valence-electron chi connectivity index (χ2n) is 10.6. The van der Waals surface area contributed by atoms with E-state index in [0.29, 0.717) is 34.5 Å². The number of piperazine rings is 1. The van der Waals surface area contributed by atoms with Crippen LogP contribution in [0.3, 0.4) is 0 Å². The van der Waals surface area contributed by atoms with E-state index in [1.54, 1.807) is 12.0 Å². The Morgan fingerprint density at radius 3 is 2.46 bits per heavy atom. The van der Waals surface area contributed by atoms with Crippen LogP contribution in [-0.2, 0) is 16.1 Å². The third-order valence-electron chi connectivity index (χ3n) is 7.54. The smallest absolute Gasteiger partial charge is 0.250 e. The molecule has 0 bridgehead atoms. The summed E-state index contributed by atoms with van der Waals surface area (Å²) in [6, 6.07) is 10.5. The number of ether oxygens (including phenoxy) is 4. The number of carbonyl (C=O) groups is 2. The highest BCUT2D eigenvalue weighted by Crippen LogP contribution is 2.39. The molecule has 198 valence electrons. The van der Waals surface area contributed by atoms with Crippen LogP contribution in [-0.4, -0.2) is 54.2 Å². The number of methoxy groups -OCH3 is 1. The summed E-state index contributed by atoms with van der Waals surface area (Å²) in [5.74, 6) is 3.03. The highest BCUT2D eigenvalue weighted by atomic mass is 16.7. The van der Waals surface area contributed by atoms with Crippen LogP contribution in [0.4, 0.5) is 0 Å². The Balaban J connectivity index is 1.49. The lowest BCUT2D eigenvalue weighted by Crippen LogP contribution is -2.58. The lowest BCUT2D eigenvalue weighted by Gasteiger charge is -2.45. The first-order valence-electron chi connectivity index (χ1n) is 13.2. The zero-order chi connectivity index (χ0) is 26.1. The van der Waals surface area contributed by atoms with Gasteiger partial charge in [-0.05, 0) is 80.8 Å². The molecule has 1 atom stereocenters. The van der Waals surface area contributed by atoms with Gasteiger partial charge in [0.2, 0.25) is 12.7 Å². The highest BCUT2D eigenvalue weighted by Gasteiger charge is 2.43. The SMILES string of the molecule is COc1cc([C@@H]2C(=O)N(C3CCC(C)CC3)CC(=O)N2Cc2ccc3c(c2)OCO3)ccc1OC(C)C. The predicted molar refractivity (Wildman–Crippen MR) is 138 cm³/mol. The molecule has 2 aromatic carbocycles. The van der Waals surface area contributed by atoms with E-state index in [-0.39, 0.29) is 43.8 Å². The van der Waals surface area contributed by atoms with Crippen LogP contribution in [0.5, 0.6) is 23.0 Å². The van der Waals surface area contributed by atoms with Gasteiger partial charge in [-0.3, -0.25) is 9.59 Å². The summed E-state index contributed by atoms with van der Waals surface area (Å²) < 4.78 is 22.5. The minimum absolute atomic E-state index is 0.0238. The standard InChI is InChI=1S/C29H36N2O6/c1-18(2)37-24-12-8-21(14-25(24)34-4)28-29(33)30(22-9-5-19(3)6-10-22)16-27(32)31(28)15-20-7-11-23-26(13-20)36-17-35-23/h7-8,11-14,18-19,22,28H,5-6,9-10,15-17H2,1-4H3/t19?,22?,28-/m1/s1. The Morgan fingerprint density at radius 1 is 0.973 bits per heavy atom. The molecule has 0 unspecified atom stereocenters. The van der Waals surface area contributed by atoms with Crippen LogP contribution in [0.2, 0.25) is 0 Å². The molecule has 1 saturated heterocycles. The summed E-state index contributed by atoms with van der Waals surface area (Å²) >= 11 is 0. The molecule has 1 aliphatic carbocycles. The van der Waals surface area contributed by atoms with Crippen molar-refractivity contribution in [1.29, 1.82) is 0 Å². The molecule has 5 rings (SSSR count). The number of amides is 2. The fourth-order valence-electron chi connectivity index (χ4n) is 5.56. The summed E-state index contributed by atoms with van der Waals surface area (Å²) in [5.41, 5.74) is 1.59. The molecular weight excluding hydrogens is 472 g/mol. The van der Waals surface area contributed by atoms with Gasteiger partial charge in [-0.1, -0.05) is 19.1 Å². The maximum Gasteiger partial charge on any atom is 0.250 e. The molecule has 2 aliphatic heterocycles. The summed E-state index contributed by atoms with van der Waals surface area (Å²) in [7, 11) is 1.58. The first kappa shape index (κ1) is 25.2. The molecule has 2 aromatic rings. The topological polar surface area (TPSA) is 77.5 Å². The molecule has 0 N–H and O–H groups in total. The zero-order valence-electron chi connectivity index (χ0n) is 22.1. The predicted octanol–water partition coefficient (Wildman–Crippen LogP) is 4.70. The van der Waals surface area contributed by atoms with E-state index in [2.05, 4.69) is 6.92 Å². The molecule has 2 heterocycles. The van der Waals surface area contributed by atoms with Gasteiger partial charge >= 0.3 is 0 Å². The van der Waals surface area contributed by atoms with Crippen LogP contribution in [0, 0.1) is 5.92 Å². The second-order valence-corrected chi connectivity index (χ2v) is 10.6. The number of fused-ring (bicyclic) bond motifs is 1. The fourth-order valence-corrected chi connectivity index (χ4v) is 5.56. The summed E-state index contributed by atoms with van der Waals surface area (Å²) in [4.78, 5) is 31.3. The first-order valence-corrected chi connectivity index (χ1v) is 13.2. The van der Waals surface area contributed by atoms with E-state index in [9.17, 15) is 9.59 Å². The third-order valence-corrected chi connectivity index (χ3v) is 7.54. The molecule has 37 heavy (non-hydrogen) atoms. The third kappa shape index (κ3) is 5.20. The molecule has 1 saturated carbocycles. The van der Waals surface area contributed by atoms with E-state index >= 15 is 0 Å². The van der Waals surface area contributed by atoms with E-state index in [4.69, 9.17) is 18.9 Å². The second kappa shape index (κ2) is 10.5. The lowest BCUT2D eigenvalue weighted by molar-refractivity contribution is -0.160. The Bertz CT molecular complexity index is 1160. The summed E-state index contributed by atoms with van der Waals surface area (Å²) in [6.07, 6.45) is 3.98. The van der Waals surface area contributed by atoms with Crippen molar-refractivity contribution in [1.82, 2.24) is 9.80 Å². The van der Waals surface area contributed by atoms with Gasteiger partial charge in [0, 0.05) is 12.6 Å². The minimum atomic E-state index is -0.756. The van der Waals surface area contributed by atoms with E-state index in [1.807, 2.05) is 55.1 Å². The van der Waals surface area contributed by atoms with E-state index in [0.717, 1.165) is 31.2 Å². The maximum atomic E-state index is 14.1. The van der Waals surface area contributed by atoms with Gasteiger partial charge in [0.15, 0.2) is 23.0 Å². The van der Waals surface area contributed by atoms with Crippen molar-refractivity contribution in [3.8, 4) is 23.0 Å². The van der Waals surface area contributed by atoms with Crippen molar-refractivity contribution < 1.29 is 28.5 Å². The number of carbonyl (C=O) groups excluding carboxylic acids is 2. The number of rotatable bonds is 7. The molecular formula is C29H36N2O6. The van der Waals surface area contributed by atoms with Gasteiger partial charge in [-0.2, -0.15) is 0 Å². The zero-order valence-corrected chi connectivity index (χ0v) is 22.1. The molecule has 8 nitrogen and oxygen atoms in total. The number of nitrogens with zero attached hydrogens (tertiary/aromatic N) is 2. The van der Waals surface area contributed by atoms with Crippen molar-refractivity contribution >= 4 is 11.8 Å². The Kier molecular flexibility index (Phi) is 7.17. The van der Waals surface area contributed by atoms with Gasteiger partial charge in [-0.25, -0.2) is 0 Å². The first-order chi connectivity index (χ1) is 17.8.